The van der Waals surface area contributed by atoms with Gasteiger partial charge in [0.2, 0.25) is 0 Å². The van der Waals surface area contributed by atoms with Gasteiger partial charge in [0.25, 0.3) is 0 Å². The fraction of sp³-hybridized carbons (Fsp3) is 0.500. The summed E-state index contributed by atoms with van der Waals surface area (Å²) >= 11 is 0. The van der Waals surface area contributed by atoms with Crippen LogP contribution in [0.1, 0.15) is 18.9 Å². The highest BCUT2D eigenvalue weighted by Gasteiger charge is 2.22. The Balaban J connectivity index is 1.97. The zero-order chi connectivity index (χ0) is 16.7. The minimum atomic E-state index is -0.488. The van der Waals surface area contributed by atoms with Gasteiger partial charge in [-0.3, -0.25) is 5.32 Å². The van der Waals surface area contributed by atoms with Gasteiger partial charge in [0, 0.05) is 25.3 Å². The van der Waals surface area contributed by atoms with Crippen LogP contribution in [0.3, 0.4) is 0 Å². The number of likely N-dealkylation sites (tertiary alicyclic amines) is 1. The smallest absolute Gasteiger partial charge is 0.411 e. The molecule has 1 aromatic rings. The number of nitrogens with one attached hydrogen (secondary N) is 2. The summed E-state index contributed by atoms with van der Waals surface area (Å²) < 4.78 is 4.55. The van der Waals surface area contributed by atoms with Gasteiger partial charge in [-0.15, -0.1) is 0 Å². The number of methoxy groups -OCH3 is 1. The number of ether oxygens (including phenoxy) is 1. The van der Waals surface area contributed by atoms with Crippen molar-refractivity contribution in [2.75, 3.05) is 32.1 Å². The maximum absolute atomic E-state index is 11.1. The van der Waals surface area contributed by atoms with Crippen LogP contribution in [0.25, 0.3) is 0 Å². The number of anilines is 1. The summed E-state index contributed by atoms with van der Waals surface area (Å²) in [5.41, 5.74) is 1.72. The van der Waals surface area contributed by atoms with Crippen LogP contribution in [-0.4, -0.2) is 54.9 Å². The van der Waals surface area contributed by atoms with Crippen LogP contribution in [0.15, 0.2) is 29.3 Å². The molecule has 0 bridgehead atoms. The van der Waals surface area contributed by atoms with Gasteiger partial charge in [0.1, 0.15) is 0 Å². The molecule has 1 saturated heterocycles. The highest BCUT2D eigenvalue weighted by molar-refractivity contribution is 5.84. The lowest BCUT2D eigenvalue weighted by Crippen LogP contribution is -2.40. The maximum atomic E-state index is 11.1. The van der Waals surface area contributed by atoms with Crippen molar-refractivity contribution in [1.29, 1.82) is 0 Å². The number of rotatable bonds is 4. The van der Waals surface area contributed by atoms with Crippen molar-refractivity contribution < 1.29 is 14.6 Å². The van der Waals surface area contributed by atoms with E-state index in [1.54, 1.807) is 0 Å². The second-order valence-electron chi connectivity index (χ2n) is 5.37. The molecule has 0 spiro atoms. The highest BCUT2D eigenvalue weighted by Crippen LogP contribution is 2.12. The lowest BCUT2D eigenvalue weighted by atomic mass is 10.2. The molecule has 1 aliphatic rings. The van der Waals surface area contributed by atoms with Crippen LogP contribution in [0.2, 0.25) is 0 Å². The Kier molecular flexibility index (Phi) is 6.22. The molecule has 126 valence electrons. The lowest BCUT2D eigenvalue weighted by molar-refractivity contribution is 0.186. The highest BCUT2D eigenvalue weighted by atomic mass is 16.5. The third-order valence-electron chi connectivity index (χ3n) is 3.59. The number of aliphatic hydroxyl groups is 1. The topological polar surface area (TPSA) is 86.2 Å². The molecule has 7 nitrogen and oxygen atoms in total. The van der Waals surface area contributed by atoms with Crippen molar-refractivity contribution in [3.63, 3.8) is 0 Å². The molecule has 1 heterocycles. The van der Waals surface area contributed by atoms with Crippen LogP contribution in [0.4, 0.5) is 10.5 Å². The van der Waals surface area contributed by atoms with E-state index in [0.717, 1.165) is 31.0 Å². The van der Waals surface area contributed by atoms with Crippen molar-refractivity contribution in [2.24, 2.45) is 4.99 Å². The first-order chi connectivity index (χ1) is 11.1. The first-order valence-electron chi connectivity index (χ1n) is 7.77. The quantitative estimate of drug-likeness (QED) is 0.577. The summed E-state index contributed by atoms with van der Waals surface area (Å²) in [5, 5.41) is 15.5. The van der Waals surface area contributed by atoms with E-state index in [9.17, 15) is 9.90 Å². The molecular weight excluding hydrogens is 296 g/mol. The minimum Gasteiger partial charge on any atom is -0.453 e. The van der Waals surface area contributed by atoms with E-state index < -0.39 is 6.09 Å². The number of carbonyl (C=O) groups excluding carboxylic acids is 1. The summed E-state index contributed by atoms with van der Waals surface area (Å²) in [6.45, 7) is 4.78. The number of amides is 1. The van der Waals surface area contributed by atoms with Crippen LogP contribution in [0.5, 0.6) is 0 Å². The predicted molar refractivity (Wildman–Crippen MR) is 89.5 cm³/mol. The standard InChI is InChI=1S/C16H24N4O3/c1-3-17-15(20-9-8-14(21)11-20)18-10-12-4-6-13(7-5-12)19-16(22)23-2/h4-7,14,21H,3,8-11H2,1-2H3,(H,17,18)(H,19,22)/t14-/m1/s1. The first kappa shape index (κ1) is 17.1. The SMILES string of the molecule is CCNC(=NCc1ccc(NC(=O)OC)cc1)N1CC[C@@H](O)C1. The maximum Gasteiger partial charge on any atom is 0.411 e. The molecule has 0 radical (unpaired) electrons. The number of hydrogen-bond acceptors (Lipinski definition) is 4. The van der Waals surface area contributed by atoms with Crippen molar-refractivity contribution in [3.05, 3.63) is 29.8 Å². The monoisotopic (exact) mass is 320 g/mol. The molecule has 23 heavy (non-hydrogen) atoms. The van der Waals surface area contributed by atoms with Crippen LogP contribution < -0.4 is 10.6 Å². The molecule has 2 rings (SSSR count). The average Bonchev–Trinajstić information content (AvgIpc) is 2.99. The lowest BCUT2D eigenvalue weighted by Gasteiger charge is -2.20. The van der Waals surface area contributed by atoms with Crippen molar-refractivity contribution in [2.45, 2.75) is 26.0 Å². The molecular formula is C16H24N4O3. The Morgan fingerprint density at radius 2 is 2.17 bits per heavy atom. The Hall–Kier alpha value is -2.28. The zero-order valence-electron chi connectivity index (χ0n) is 13.6. The number of guanidine groups is 1. The van der Waals surface area contributed by atoms with E-state index >= 15 is 0 Å². The van der Waals surface area contributed by atoms with Crippen molar-refractivity contribution in [1.82, 2.24) is 10.2 Å². The summed E-state index contributed by atoms with van der Waals surface area (Å²) in [6, 6.07) is 7.46. The van der Waals surface area contributed by atoms with Gasteiger partial charge in [-0.25, -0.2) is 9.79 Å². The third kappa shape index (κ3) is 5.14. The number of aliphatic hydroxyl groups excluding tert-OH is 1. The molecule has 7 heteroatoms. The minimum absolute atomic E-state index is 0.275. The number of β-amino-alcohol motifs (C(OH)–C–C–N with tert-alkyl or cyclic N) is 1. The van der Waals surface area contributed by atoms with Crippen LogP contribution in [0, 0.1) is 0 Å². The van der Waals surface area contributed by atoms with Crippen LogP contribution >= 0.6 is 0 Å². The van der Waals surface area contributed by atoms with Gasteiger partial charge in [0.15, 0.2) is 5.96 Å². The molecule has 1 atom stereocenters. The van der Waals surface area contributed by atoms with E-state index in [0.29, 0.717) is 18.8 Å². The van der Waals surface area contributed by atoms with Gasteiger partial charge in [0.05, 0.1) is 19.8 Å². The molecule has 0 unspecified atom stereocenters. The number of benzene rings is 1. The van der Waals surface area contributed by atoms with E-state index in [-0.39, 0.29) is 6.10 Å². The Bertz CT molecular complexity index is 545. The third-order valence-corrected chi connectivity index (χ3v) is 3.59. The van der Waals surface area contributed by atoms with E-state index in [1.807, 2.05) is 31.2 Å². The summed E-state index contributed by atoms with van der Waals surface area (Å²) in [5.74, 6) is 0.820. The molecule has 1 aliphatic heterocycles. The van der Waals surface area contributed by atoms with E-state index in [1.165, 1.54) is 7.11 Å². The fourth-order valence-corrected chi connectivity index (χ4v) is 2.39. The Labute approximate surface area is 136 Å². The normalized spacial score (nSPS) is 18.0. The average molecular weight is 320 g/mol. The number of carbonyl (C=O) groups is 1. The molecule has 1 fully saturated rings. The van der Waals surface area contributed by atoms with Gasteiger partial charge in [-0.05, 0) is 31.0 Å². The van der Waals surface area contributed by atoms with Crippen molar-refractivity contribution >= 4 is 17.7 Å². The summed E-state index contributed by atoms with van der Waals surface area (Å²) in [6.07, 6.45) is 0.0125. The molecule has 3 N–H and O–H groups in total. The van der Waals surface area contributed by atoms with Gasteiger partial charge in [-0.1, -0.05) is 12.1 Å². The predicted octanol–water partition coefficient (Wildman–Crippen LogP) is 1.40. The van der Waals surface area contributed by atoms with E-state index in [4.69, 9.17) is 0 Å². The Morgan fingerprint density at radius 1 is 1.43 bits per heavy atom. The van der Waals surface area contributed by atoms with E-state index in [2.05, 4.69) is 25.3 Å². The Morgan fingerprint density at radius 3 is 2.74 bits per heavy atom. The molecule has 1 aromatic carbocycles. The zero-order valence-corrected chi connectivity index (χ0v) is 13.6. The molecule has 0 aromatic heterocycles. The molecule has 1 amide bonds. The second-order valence-corrected chi connectivity index (χ2v) is 5.37. The molecule has 0 saturated carbocycles. The second kappa shape index (κ2) is 8.38. The summed E-state index contributed by atoms with van der Waals surface area (Å²) in [4.78, 5) is 17.8. The summed E-state index contributed by atoms with van der Waals surface area (Å²) in [7, 11) is 1.33. The van der Waals surface area contributed by atoms with Gasteiger partial charge >= 0.3 is 6.09 Å². The first-order valence-corrected chi connectivity index (χ1v) is 7.77. The van der Waals surface area contributed by atoms with Gasteiger partial charge in [-0.2, -0.15) is 0 Å². The number of aliphatic imine (C=N–C) groups is 1. The number of hydrogen-bond donors (Lipinski definition) is 3. The van der Waals surface area contributed by atoms with Crippen LogP contribution in [-0.2, 0) is 11.3 Å². The van der Waals surface area contributed by atoms with Crippen molar-refractivity contribution in [3.8, 4) is 0 Å². The largest absolute Gasteiger partial charge is 0.453 e. The fourth-order valence-electron chi connectivity index (χ4n) is 2.39. The number of nitrogens with zero attached hydrogens (tertiary/aromatic N) is 2. The molecule has 0 aliphatic carbocycles. The van der Waals surface area contributed by atoms with Gasteiger partial charge < -0.3 is 20.1 Å².